The first-order valence-corrected chi connectivity index (χ1v) is 7.35. The van der Waals surface area contributed by atoms with Crippen molar-refractivity contribution in [1.29, 1.82) is 0 Å². The molecule has 0 heterocycles. The molecule has 0 bridgehead atoms. The van der Waals surface area contributed by atoms with E-state index in [1.807, 2.05) is 13.8 Å². The molecule has 0 aliphatic rings. The summed E-state index contributed by atoms with van der Waals surface area (Å²) in [5, 5.41) is 13.9. The van der Waals surface area contributed by atoms with Crippen LogP contribution in [-0.4, -0.2) is 43.6 Å². The molecule has 6 heteroatoms. The number of hydrogen-bond donors (Lipinski definition) is 2. The highest BCUT2D eigenvalue weighted by Gasteiger charge is 2.08. The normalized spacial score (nSPS) is 14.1. The Morgan fingerprint density at radius 2 is 2.00 bits per heavy atom. The molecule has 1 aromatic carbocycles. The summed E-state index contributed by atoms with van der Waals surface area (Å²) >= 11 is 11.7. The van der Waals surface area contributed by atoms with E-state index in [0.29, 0.717) is 35.6 Å². The highest BCUT2D eigenvalue weighted by Crippen LogP contribution is 2.26. The van der Waals surface area contributed by atoms with Gasteiger partial charge in [0.25, 0.3) is 0 Å². The van der Waals surface area contributed by atoms with Crippen molar-refractivity contribution in [2.24, 2.45) is 0 Å². The monoisotopic (exact) mass is 321 g/mol. The third-order valence-electron chi connectivity index (χ3n) is 2.61. The number of benzene rings is 1. The SMILES string of the molecule is CCOCC(C)NCC(O)COc1ccc(Cl)c(Cl)c1. The Hall–Kier alpha value is -0.520. The number of halogens is 2. The van der Waals surface area contributed by atoms with Crippen molar-refractivity contribution < 1.29 is 14.6 Å². The zero-order valence-corrected chi connectivity index (χ0v) is 13.2. The fourth-order valence-corrected chi connectivity index (χ4v) is 1.80. The maximum Gasteiger partial charge on any atom is 0.121 e. The molecule has 1 rings (SSSR count). The number of rotatable bonds is 9. The van der Waals surface area contributed by atoms with Crippen LogP contribution < -0.4 is 10.1 Å². The molecule has 20 heavy (non-hydrogen) atoms. The highest BCUT2D eigenvalue weighted by molar-refractivity contribution is 6.42. The number of aliphatic hydroxyl groups is 1. The van der Waals surface area contributed by atoms with E-state index in [-0.39, 0.29) is 12.6 Å². The van der Waals surface area contributed by atoms with E-state index in [9.17, 15) is 5.11 Å². The van der Waals surface area contributed by atoms with E-state index in [0.717, 1.165) is 0 Å². The van der Waals surface area contributed by atoms with Crippen LogP contribution in [0.3, 0.4) is 0 Å². The van der Waals surface area contributed by atoms with Gasteiger partial charge in [-0.1, -0.05) is 23.2 Å². The maximum atomic E-state index is 9.82. The van der Waals surface area contributed by atoms with E-state index in [1.54, 1.807) is 18.2 Å². The van der Waals surface area contributed by atoms with Crippen LogP contribution in [0.1, 0.15) is 13.8 Å². The van der Waals surface area contributed by atoms with Crippen LogP contribution >= 0.6 is 23.2 Å². The van der Waals surface area contributed by atoms with Gasteiger partial charge in [-0.25, -0.2) is 0 Å². The van der Waals surface area contributed by atoms with E-state index in [1.165, 1.54) is 0 Å². The van der Waals surface area contributed by atoms with Crippen molar-refractivity contribution in [1.82, 2.24) is 5.32 Å². The Morgan fingerprint density at radius 3 is 2.65 bits per heavy atom. The third kappa shape index (κ3) is 6.77. The average Bonchev–Trinajstić information content (AvgIpc) is 2.44. The molecule has 114 valence electrons. The minimum Gasteiger partial charge on any atom is -0.491 e. The van der Waals surface area contributed by atoms with Crippen LogP contribution in [0.5, 0.6) is 5.75 Å². The number of aliphatic hydroxyl groups excluding tert-OH is 1. The summed E-state index contributed by atoms with van der Waals surface area (Å²) in [6.07, 6.45) is -0.603. The third-order valence-corrected chi connectivity index (χ3v) is 3.35. The van der Waals surface area contributed by atoms with E-state index >= 15 is 0 Å². The van der Waals surface area contributed by atoms with Gasteiger partial charge in [0.1, 0.15) is 18.5 Å². The lowest BCUT2D eigenvalue weighted by Gasteiger charge is -2.17. The molecule has 0 spiro atoms. The largest absolute Gasteiger partial charge is 0.491 e. The first kappa shape index (κ1) is 17.5. The van der Waals surface area contributed by atoms with Crippen molar-refractivity contribution in [3.63, 3.8) is 0 Å². The predicted molar refractivity (Wildman–Crippen MR) is 81.9 cm³/mol. The molecule has 0 aliphatic heterocycles. The van der Waals surface area contributed by atoms with Crippen molar-refractivity contribution in [2.45, 2.75) is 26.0 Å². The summed E-state index contributed by atoms with van der Waals surface area (Å²) in [4.78, 5) is 0. The Morgan fingerprint density at radius 1 is 1.25 bits per heavy atom. The van der Waals surface area contributed by atoms with Gasteiger partial charge in [0.15, 0.2) is 0 Å². The first-order valence-electron chi connectivity index (χ1n) is 6.60. The zero-order chi connectivity index (χ0) is 15.0. The summed E-state index contributed by atoms with van der Waals surface area (Å²) in [7, 11) is 0. The minimum absolute atomic E-state index is 0.187. The van der Waals surface area contributed by atoms with Crippen molar-refractivity contribution in [3.8, 4) is 5.75 Å². The van der Waals surface area contributed by atoms with Crippen LogP contribution in [0.4, 0.5) is 0 Å². The maximum absolute atomic E-state index is 9.82. The second kappa shape index (κ2) is 9.42. The van der Waals surface area contributed by atoms with Gasteiger partial charge in [0.05, 0.1) is 16.7 Å². The molecule has 4 nitrogen and oxygen atoms in total. The molecule has 0 saturated carbocycles. The van der Waals surface area contributed by atoms with Gasteiger partial charge in [-0.3, -0.25) is 0 Å². The fraction of sp³-hybridized carbons (Fsp3) is 0.571. The highest BCUT2D eigenvalue weighted by atomic mass is 35.5. The molecule has 0 amide bonds. The van der Waals surface area contributed by atoms with Gasteiger partial charge in [0.2, 0.25) is 0 Å². The molecule has 2 unspecified atom stereocenters. The zero-order valence-electron chi connectivity index (χ0n) is 11.7. The first-order chi connectivity index (χ1) is 9.52. The van der Waals surface area contributed by atoms with Gasteiger partial charge in [-0.15, -0.1) is 0 Å². The summed E-state index contributed by atoms with van der Waals surface area (Å²) in [6.45, 7) is 5.89. The molecule has 0 saturated heterocycles. The minimum atomic E-state index is -0.603. The lowest BCUT2D eigenvalue weighted by molar-refractivity contribution is 0.0907. The van der Waals surface area contributed by atoms with Crippen LogP contribution in [0.2, 0.25) is 10.0 Å². The van der Waals surface area contributed by atoms with Crippen molar-refractivity contribution in [3.05, 3.63) is 28.2 Å². The van der Waals surface area contributed by atoms with Crippen LogP contribution in [-0.2, 0) is 4.74 Å². The van der Waals surface area contributed by atoms with Crippen molar-refractivity contribution >= 4 is 23.2 Å². The van der Waals surface area contributed by atoms with Gasteiger partial charge in [-0.2, -0.15) is 0 Å². The number of hydrogen-bond acceptors (Lipinski definition) is 4. The Labute approximate surface area is 130 Å². The van der Waals surface area contributed by atoms with Crippen molar-refractivity contribution in [2.75, 3.05) is 26.4 Å². The lowest BCUT2D eigenvalue weighted by atomic mass is 10.3. The number of ether oxygens (including phenoxy) is 2. The van der Waals surface area contributed by atoms with Gasteiger partial charge in [-0.05, 0) is 26.0 Å². The standard InChI is InChI=1S/C14H21Cl2NO3/c1-3-19-8-10(2)17-7-11(18)9-20-12-4-5-13(15)14(16)6-12/h4-6,10-11,17-18H,3,7-9H2,1-2H3. The summed E-state index contributed by atoms with van der Waals surface area (Å²) in [6, 6.07) is 5.19. The molecule has 0 fully saturated rings. The second-order valence-electron chi connectivity index (χ2n) is 4.51. The van der Waals surface area contributed by atoms with Gasteiger partial charge in [0, 0.05) is 25.3 Å². The summed E-state index contributed by atoms with van der Waals surface area (Å²) in [5.74, 6) is 0.584. The van der Waals surface area contributed by atoms with Gasteiger partial charge >= 0.3 is 0 Å². The second-order valence-corrected chi connectivity index (χ2v) is 5.32. The topological polar surface area (TPSA) is 50.7 Å². The van der Waals surface area contributed by atoms with Crippen LogP contribution in [0.15, 0.2) is 18.2 Å². The Balaban J connectivity index is 2.25. The molecule has 1 aromatic rings. The molecule has 0 aromatic heterocycles. The van der Waals surface area contributed by atoms with Crippen LogP contribution in [0, 0.1) is 0 Å². The summed E-state index contributed by atoms with van der Waals surface area (Å²) in [5.41, 5.74) is 0. The summed E-state index contributed by atoms with van der Waals surface area (Å²) < 4.78 is 10.7. The molecular weight excluding hydrogens is 301 g/mol. The van der Waals surface area contributed by atoms with E-state index < -0.39 is 6.10 Å². The van der Waals surface area contributed by atoms with Gasteiger partial charge < -0.3 is 19.9 Å². The van der Waals surface area contributed by atoms with Crippen LogP contribution in [0.25, 0.3) is 0 Å². The predicted octanol–water partition coefficient (Wildman–Crippen LogP) is 2.75. The lowest BCUT2D eigenvalue weighted by Crippen LogP contribution is -2.38. The molecule has 0 radical (unpaired) electrons. The Bertz CT molecular complexity index is 404. The van der Waals surface area contributed by atoms with E-state index in [2.05, 4.69) is 5.32 Å². The number of nitrogens with one attached hydrogen (secondary N) is 1. The van der Waals surface area contributed by atoms with E-state index in [4.69, 9.17) is 32.7 Å². The Kier molecular flexibility index (Phi) is 8.26. The molecular formula is C14H21Cl2NO3. The molecule has 0 aliphatic carbocycles. The fourth-order valence-electron chi connectivity index (χ4n) is 1.51. The quantitative estimate of drug-likeness (QED) is 0.734. The smallest absolute Gasteiger partial charge is 0.121 e. The molecule has 2 atom stereocenters. The molecule has 2 N–H and O–H groups in total. The average molecular weight is 322 g/mol.